The first kappa shape index (κ1) is 21.3. The number of nitrogens with one attached hydrogen (secondary N) is 1. The van der Waals surface area contributed by atoms with Gasteiger partial charge in [-0.25, -0.2) is 5.10 Å². The van der Waals surface area contributed by atoms with Gasteiger partial charge < -0.3 is 14.9 Å². The Morgan fingerprint density at radius 1 is 1.25 bits per heavy atom. The average Bonchev–Trinajstić information content (AvgIpc) is 3.32. The molecule has 1 fully saturated rings. The van der Waals surface area contributed by atoms with Crippen LogP contribution in [0.3, 0.4) is 0 Å². The Bertz CT molecular complexity index is 1030. The van der Waals surface area contributed by atoms with E-state index in [1.165, 1.54) is 11.1 Å². The number of aliphatic hydroxyl groups is 2. The summed E-state index contributed by atoms with van der Waals surface area (Å²) in [6.07, 6.45) is 13.0. The quantitative estimate of drug-likeness (QED) is 0.664. The summed E-state index contributed by atoms with van der Waals surface area (Å²) in [5.41, 5.74) is 0.126. The van der Waals surface area contributed by atoms with Gasteiger partial charge in [-0.3, -0.25) is 0 Å². The minimum absolute atomic E-state index is 0.0555. The fourth-order valence-corrected chi connectivity index (χ4v) is 6.56. The minimum Gasteiger partial charge on any atom is -0.486 e. The van der Waals surface area contributed by atoms with E-state index in [1.54, 1.807) is 0 Å². The highest BCUT2D eigenvalue weighted by Crippen LogP contribution is 2.59. The van der Waals surface area contributed by atoms with Crippen molar-refractivity contribution in [2.45, 2.75) is 75.6 Å². The second-order valence-electron chi connectivity index (χ2n) is 9.94. The zero-order valence-corrected chi connectivity index (χ0v) is 18.8. The van der Waals surface area contributed by atoms with Crippen molar-refractivity contribution in [1.29, 1.82) is 0 Å². The predicted molar refractivity (Wildman–Crippen MR) is 120 cm³/mol. The molecule has 5 rings (SSSR count). The summed E-state index contributed by atoms with van der Waals surface area (Å²) in [6, 6.07) is 6.30. The van der Waals surface area contributed by atoms with E-state index < -0.39 is 11.2 Å². The maximum atomic E-state index is 11.9. The topological polar surface area (TPSA) is 104 Å². The molecule has 1 heterocycles. The number of tetrazole rings is 1. The number of hydrogen-bond donors (Lipinski definition) is 3. The van der Waals surface area contributed by atoms with Crippen LogP contribution >= 0.6 is 0 Å². The van der Waals surface area contributed by atoms with Crippen molar-refractivity contribution in [2.24, 2.45) is 11.8 Å². The number of H-pyrrole nitrogens is 1. The van der Waals surface area contributed by atoms with Crippen LogP contribution in [-0.4, -0.2) is 42.0 Å². The molecule has 0 bridgehead atoms. The number of fused-ring (bicyclic) bond motifs is 3. The average molecular weight is 437 g/mol. The third-order valence-electron chi connectivity index (χ3n) is 8.30. The van der Waals surface area contributed by atoms with Crippen LogP contribution < -0.4 is 4.74 Å². The zero-order chi connectivity index (χ0) is 22.4. The van der Waals surface area contributed by atoms with Gasteiger partial charge in [-0.1, -0.05) is 37.3 Å². The van der Waals surface area contributed by atoms with Crippen LogP contribution in [0.1, 0.15) is 62.9 Å². The van der Waals surface area contributed by atoms with E-state index in [2.05, 4.69) is 51.8 Å². The van der Waals surface area contributed by atoms with Gasteiger partial charge in [-0.2, -0.15) is 0 Å². The molecule has 1 aromatic heterocycles. The lowest BCUT2D eigenvalue weighted by Crippen LogP contribution is -2.66. The van der Waals surface area contributed by atoms with E-state index in [-0.39, 0.29) is 11.3 Å². The minimum atomic E-state index is -1.18. The van der Waals surface area contributed by atoms with Gasteiger partial charge in [0.15, 0.2) is 5.82 Å². The first-order chi connectivity index (χ1) is 15.4. The number of nitrogens with zero attached hydrogens (tertiary/aromatic N) is 3. The highest BCUT2D eigenvalue weighted by molar-refractivity contribution is 5.44. The maximum Gasteiger partial charge on any atom is 0.186 e. The number of hydrogen-bond acceptors (Lipinski definition) is 6. The van der Waals surface area contributed by atoms with Crippen LogP contribution in [0.5, 0.6) is 5.75 Å². The Morgan fingerprint density at radius 2 is 2.12 bits per heavy atom. The fourth-order valence-electron chi connectivity index (χ4n) is 6.56. The molecule has 7 nitrogen and oxygen atoms in total. The molecule has 1 saturated carbocycles. The van der Waals surface area contributed by atoms with Crippen molar-refractivity contribution in [3.05, 3.63) is 59.5 Å². The maximum absolute atomic E-state index is 11.9. The second kappa shape index (κ2) is 7.81. The Kier molecular flexibility index (Phi) is 5.21. The summed E-state index contributed by atoms with van der Waals surface area (Å²) in [7, 11) is 0. The Hall–Kier alpha value is -2.51. The number of allylic oxidation sites excluding steroid dienone is 3. The lowest BCUT2D eigenvalue weighted by atomic mass is 9.47. The molecule has 0 spiro atoms. The van der Waals surface area contributed by atoms with E-state index in [0.29, 0.717) is 31.2 Å². The van der Waals surface area contributed by atoms with Gasteiger partial charge in [0.05, 0.1) is 11.2 Å². The molecule has 7 heteroatoms. The molecule has 3 N–H and O–H groups in total. The Morgan fingerprint density at radius 3 is 2.84 bits per heavy atom. The predicted octanol–water partition coefficient (Wildman–Crippen LogP) is 3.40. The van der Waals surface area contributed by atoms with Crippen molar-refractivity contribution in [3.63, 3.8) is 0 Å². The monoisotopic (exact) mass is 436 g/mol. The highest BCUT2D eigenvalue weighted by atomic mass is 16.5. The van der Waals surface area contributed by atoms with Crippen molar-refractivity contribution >= 4 is 0 Å². The summed E-state index contributed by atoms with van der Waals surface area (Å²) >= 11 is 0. The molecule has 0 amide bonds. The third-order valence-corrected chi connectivity index (χ3v) is 8.30. The van der Waals surface area contributed by atoms with Gasteiger partial charge >= 0.3 is 0 Å². The molecule has 3 aliphatic rings. The molecule has 1 unspecified atom stereocenters. The van der Waals surface area contributed by atoms with E-state index in [4.69, 9.17) is 4.74 Å². The van der Waals surface area contributed by atoms with E-state index in [9.17, 15) is 10.2 Å². The zero-order valence-electron chi connectivity index (χ0n) is 18.8. The third kappa shape index (κ3) is 3.30. The molecule has 170 valence electrons. The van der Waals surface area contributed by atoms with Crippen LogP contribution in [0.15, 0.2) is 42.5 Å². The molecule has 3 aliphatic carbocycles. The van der Waals surface area contributed by atoms with Crippen LogP contribution in [0.2, 0.25) is 0 Å². The molecule has 5 atom stereocenters. The largest absolute Gasteiger partial charge is 0.486 e. The van der Waals surface area contributed by atoms with Crippen molar-refractivity contribution in [3.8, 4) is 5.75 Å². The van der Waals surface area contributed by atoms with Gasteiger partial charge in [0.2, 0.25) is 0 Å². The number of benzene rings is 1. The normalized spacial score (nSPS) is 35.9. The Balaban J connectivity index is 1.44. The van der Waals surface area contributed by atoms with Crippen LogP contribution in [0, 0.1) is 11.8 Å². The summed E-state index contributed by atoms with van der Waals surface area (Å²) < 4.78 is 5.90. The standard InChI is InChI=1S/C25H32N4O3/c1-3-24-16-23(2,30)25(31,18-7-5-4-6-8-18)14-19(24)10-9-17-13-20(11-12-21(17)24)32-15-22-26-28-29-27-22/h4-7,11-13,18-19,30-31H,3,8-10,14-16H2,1-2H3,(H,26,27,28,29)/t18?,19-,23-,24-,25-/m1/s1. The smallest absolute Gasteiger partial charge is 0.186 e. The summed E-state index contributed by atoms with van der Waals surface area (Å²) in [5, 5.41) is 37.3. The number of ether oxygens (including phenoxy) is 1. The van der Waals surface area contributed by atoms with E-state index >= 15 is 0 Å². The van der Waals surface area contributed by atoms with Gasteiger partial charge in [0, 0.05) is 11.3 Å². The summed E-state index contributed by atoms with van der Waals surface area (Å²) in [6.45, 7) is 4.34. The molecule has 0 aliphatic heterocycles. The molecule has 32 heavy (non-hydrogen) atoms. The molecule has 1 aromatic carbocycles. The second-order valence-corrected chi connectivity index (χ2v) is 9.94. The lowest BCUT2D eigenvalue weighted by molar-refractivity contribution is -0.216. The SMILES string of the molecule is CC[C@@]12C[C@@](C)(O)[C@](O)(C3C=CC=CC3)C[C@H]1CCc1cc(OCc3nnn[nH]3)ccc12. The van der Waals surface area contributed by atoms with Gasteiger partial charge in [-0.05, 0) is 85.1 Å². The van der Waals surface area contributed by atoms with E-state index in [1.807, 2.05) is 25.1 Å². The van der Waals surface area contributed by atoms with Gasteiger partial charge in [-0.15, -0.1) is 5.10 Å². The molecular weight excluding hydrogens is 404 g/mol. The number of rotatable bonds is 5. The molecule has 0 radical (unpaired) electrons. The summed E-state index contributed by atoms with van der Waals surface area (Å²) in [5.74, 6) is 1.65. The van der Waals surface area contributed by atoms with Crippen LogP contribution in [-0.2, 0) is 18.4 Å². The Labute approximate surface area is 188 Å². The number of aromatic nitrogens is 4. The molecule has 2 aromatic rings. The van der Waals surface area contributed by atoms with Crippen molar-refractivity contribution in [2.75, 3.05) is 0 Å². The van der Waals surface area contributed by atoms with Crippen molar-refractivity contribution < 1.29 is 14.9 Å². The highest BCUT2D eigenvalue weighted by Gasteiger charge is 2.62. The number of aromatic amines is 1. The first-order valence-electron chi connectivity index (χ1n) is 11.6. The lowest BCUT2D eigenvalue weighted by Gasteiger charge is -2.60. The van der Waals surface area contributed by atoms with E-state index in [0.717, 1.165) is 31.4 Å². The van der Waals surface area contributed by atoms with Crippen molar-refractivity contribution in [1.82, 2.24) is 20.6 Å². The van der Waals surface area contributed by atoms with Gasteiger partial charge in [0.25, 0.3) is 0 Å². The first-order valence-corrected chi connectivity index (χ1v) is 11.6. The number of aryl methyl sites for hydroxylation is 1. The molecule has 0 saturated heterocycles. The van der Waals surface area contributed by atoms with Gasteiger partial charge in [0.1, 0.15) is 12.4 Å². The fraction of sp³-hybridized carbons (Fsp3) is 0.560. The van der Waals surface area contributed by atoms with Crippen LogP contribution in [0.25, 0.3) is 0 Å². The summed E-state index contributed by atoms with van der Waals surface area (Å²) in [4.78, 5) is 0. The molecular formula is C25H32N4O3. The van der Waals surface area contributed by atoms with Crippen LogP contribution in [0.4, 0.5) is 0 Å².